The van der Waals surface area contributed by atoms with Gasteiger partial charge in [0.15, 0.2) is 0 Å². The summed E-state index contributed by atoms with van der Waals surface area (Å²) >= 11 is 0. The first-order chi connectivity index (χ1) is 6.70. The minimum Gasteiger partial charge on any atom is -0.389 e. The maximum atomic E-state index is 9.41. The van der Waals surface area contributed by atoms with E-state index in [2.05, 4.69) is 5.32 Å². The van der Waals surface area contributed by atoms with Crippen LogP contribution in [0, 0.1) is 0 Å². The number of nitrogens with one attached hydrogen (secondary N) is 1. The smallest absolute Gasteiger partial charge is 0.0948 e. The van der Waals surface area contributed by atoms with Gasteiger partial charge in [-0.1, -0.05) is 0 Å². The molecule has 2 N–H and O–H groups in total. The fraction of sp³-hybridized carbons (Fsp3) is 1.00. The van der Waals surface area contributed by atoms with Crippen LogP contribution in [0.5, 0.6) is 0 Å². The molecular formula is C10H21NO3. The third-order valence-electron chi connectivity index (χ3n) is 2.23. The highest BCUT2D eigenvalue weighted by atomic mass is 16.5. The zero-order valence-electron chi connectivity index (χ0n) is 9.03. The Morgan fingerprint density at radius 1 is 1.50 bits per heavy atom. The Kier molecular flexibility index (Phi) is 5.40. The molecule has 1 rings (SSSR count). The van der Waals surface area contributed by atoms with Crippen molar-refractivity contribution in [3.05, 3.63) is 0 Å². The SMILES string of the molecule is CC(C)OCCCN[C@@H]1COC[C@H]1O. The summed E-state index contributed by atoms with van der Waals surface area (Å²) in [5.41, 5.74) is 0. The molecule has 1 heterocycles. The summed E-state index contributed by atoms with van der Waals surface area (Å²) in [7, 11) is 0. The van der Waals surface area contributed by atoms with Crippen molar-refractivity contribution >= 4 is 0 Å². The van der Waals surface area contributed by atoms with Gasteiger partial charge in [0, 0.05) is 6.61 Å². The minimum absolute atomic E-state index is 0.106. The quantitative estimate of drug-likeness (QED) is 0.603. The van der Waals surface area contributed by atoms with Crippen molar-refractivity contribution in [3.8, 4) is 0 Å². The van der Waals surface area contributed by atoms with Crippen LogP contribution in [0.3, 0.4) is 0 Å². The lowest BCUT2D eigenvalue weighted by molar-refractivity contribution is 0.0756. The molecule has 4 nitrogen and oxygen atoms in total. The first-order valence-electron chi connectivity index (χ1n) is 5.31. The maximum Gasteiger partial charge on any atom is 0.0948 e. The highest BCUT2D eigenvalue weighted by Gasteiger charge is 2.24. The van der Waals surface area contributed by atoms with Crippen LogP contribution < -0.4 is 5.32 Å². The van der Waals surface area contributed by atoms with E-state index >= 15 is 0 Å². The highest BCUT2D eigenvalue weighted by molar-refractivity contribution is 4.80. The van der Waals surface area contributed by atoms with Gasteiger partial charge < -0.3 is 19.9 Å². The molecule has 4 heteroatoms. The third kappa shape index (κ3) is 4.37. The number of ether oxygens (including phenoxy) is 2. The van der Waals surface area contributed by atoms with Gasteiger partial charge in [0.2, 0.25) is 0 Å². The van der Waals surface area contributed by atoms with Crippen molar-refractivity contribution in [1.29, 1.82) is 0 Å². The van der Waals surface area contributed by atoms with Crippen LogP contribution in [0.25, 0.3) is 0 Å². The second-order valence-electron chi connectivity index (χ2n) is 3.94. The van der Waals surface area contributed by atoms with Gasteiger partial charge in [0.05, 0.1) is 31.5 Å². The van der Waals surface area contributed by atoms with E-state index in [0.717, 1.165) is 19.6 Å². The number of rotatable bonds is 6. The van der Waals surface area contributed by atoms with E-state index in [4.69, 9.17) is 9.47 Å². The minimum atomic E-state index is -0.346. The molecule has 14 heavy (non-hydrogen) atoms. The third-order valence-corrected chi connectivity index (χ3v) is 2.23. The van der Waals surface area contributed by atoms with Gasteiger partial charge in [-0.3, -0.25) is 0 Å². The molecule has 1 saturated heterocycles. The summed E-state index contributed by atoms with van der Waals surface area (Å²) in [6.07, 6.45) is 0.929. The zero-order chi connectivity index (χ0) is 10.4. The Hall–Kier alpha value is -0.160. The van der Waals surface area contributed by atoms with Gasteiger partial charge in [0.25, 0.3) is 0 Å². The summed E-state index contributed by atoms with van der Waals surface area (Å²) in [5.74, 6) is 0. The molecular weight excluding hydrogens is 182 g/mol. The zero-order valence-corrected chi connectivity index (χ0v) is 9.03. The van der Waals surface area contributed by atoms with E-state index in [9.17, 15) is 5.11 Å². The van der Waals surface area contributed by atoms with Gasteiger partial charge in [-0.2, -0.15) is 0 Å². The molecule has 1 aliphatic heterocycles. The molecule has 0 unspecified atom stereocenters. The summed E-state index contributed by atoms with van der Waals surface area (Å²) in [5, 5.41) is 12.7. The fourth-order valence-electron chi connectivity index (χ4n) is 1.42. The van der Waals surface area contributed by atoms with E-state index < -0.39 is 0 Å². The lowest BCUT2D eigenvalue weighted by Gasteiger charge is -2.14. The average molecular weight is 203 g/mol. The van der Waals surface area contributed by atoms with Crippen molar-refractivity contribution in [3.63, 3.8) is 0 Å². The van der Waals surface area contributed by atoms with Crippen LogP contribution in [0.1, 0.15) is 20.3 Å². The fourth-order valence-corrected chi connectivity index (χ4v) is 1.42. The van der Waals surface area contributed by atoms with Crippen molar-refractivity contribution in [2.75, 3.05) is 26.4 Å². The van der Waals surface area contributed by atoms with Gasteiger partial charge in [-0.25, -0.2) is 0 Å². The van der Waals surface area contributed by atoms with Crippen LogP contribution in [-0.2, 0) is 9.47 Å². The lowest BCUT2D eigenvalue weighted by atomic mass is 10.2. The Balaban J connectivity index is 1.93. The molecule has 1 fully saturated rings. The standard InChI is InChI=1S/C10H21NO3/c1-8(2)14-5-3-4-11-9-6-13-7-10(9)12/h8-12H,3-7H2,1-2H3/t9-,10-/m1/s1. The van der Waals surface area contributed by atoms with E-state index in [1.54, 1.807) is 0 Å². The second-order valence-corrected chi connectivity index (χ2v) is 3.94. The van der Waals surface area contributed by atoms with Crippen LogP contribution in [0.2, 0.25) is 0 Å². The molecule has 0 saturated carbocycles. The normalized spacial score (nSPS) is 27.4. The Morgan fingerprint density at radius 2 is 2.29 bits per heavy atom. The van der Waals surface area contributed by atoms with Gasteiger partial charge >= 0.3 is 0 Å². The molecule has 0 aromatic heterocycles. The summed E-state index contributed by atoms with van der Waals surface area (Å²) < 4.78 is 10.5. The summed E-state index contributed by atoms with van der Waals surface area (Å²) in [6.45, 7) is 6.78. The molecule has 1 aliphatic rings. The first-order valence-corrected chi connectivity index (χ1v) is 5.31. The summed E-state index contributed by atoms with van der Waals surface area (Å²) in [4.78, 5) is 0. The molecule has 0 aromatic carbocycles. The van der Waals surface area contributed by atoms with Crippen LogP contribution in [0.15, 0.2) is 0 Å². The van der Waals surface area contributed by atoms with E-state index in [1.165, 1.54) is 0 Å². The monoisotopic (exact) mass is 203 g/mol. The highest BCUT2D eigenvalue weighted by Crippen LogP contribution is 2.04. The van der Waals surface area contributed by atoms with Gasteiger partial charge in [-0.05, 0) is 26.8 Å². The molecule has 2 atom stereocenters. The van der Waals surface area contributed by atoms with Gasteiger partial charge in [0.1, 0.15) is 0 Å². The van der Waals surface area contributed by atoms with Crippen LogP contribution >= 0.6 is 0 Å². The van der Waals surface area contributed by atoms with Crippen molar-refractivity contribution in [1.82, 2.24) is 5.32 Å². The summed E-state index contributed by atoms with van der Waals surface area (Å²) in [6, 6.07) is 0.106. The molecule has 84 valence electrons. The number of aliphatic hydroxyl groups is 1. The van der Waals surface area contributed by atoms with Crippen molar-refractivity contribution in [2.24, 2.45) is 0 Å². The van der Waals surface area contributed by atoms with E-state index in [0.29, 0.717) is 19.3 Å². The maximum absolute atomic E-state index is 9.41. The topological polar surface area (TPSA) is 50.7 Å². The van der Waals surface area contributed by atoms with Crippen molar-refractivity contribution in [2.45, 2.75) is 38.5 Å². The predicted molar refractivity (Wildman–Crippen MR) is 54.3 cm³/mol. The Labute approximate surface area is 85.6 Å². The second kappa shape index (κ2) is 6.35. The molecule has 0 amide bonds. The molecule has 0 spiro atoms. The number of hydrogen-bond acceptors (Lipinski definition) is 4. The van der Waals surface area contributed by atoms with Crippen LogP contribution in [0.4, 0.5) is 0 Å². The van der Waals surface area contributed by atoms with Gasteiger partial charge in [-0.15, -0.1) is 0 Å². The van der Waals surface area contributed by atoms with Crippen LogP contribution in [-0.4, -0.2) is 49.7 Å². The van der Waals surface area contributed by atoms with E-state index in [1.807, 2.05) is 13.8 Å². The molecule has 0 bridgehead atoms. The number of hydrogen-bond donors (Lipinski definition) is 2. The first kappa shape index (κ1) is 11.9. The lowest BCUT2D eigenvalue weighted by Crippen LogP contribution is -2.39. The average Bonchev–Trinajstić information content (AvgIpc) is 2.51. The molecule has 0 radical (unpaired) electrons. The molecule has 0 aromatic rings. The molecule has 0 aliphatic carbocycles. The van der Waals surface area contributed by atoms with E-state index in [-0.39, 0.29) is 12.1 Å². The van der Waals surface area contributed by atoms with Crippen molar-refractivity contribution < 1.29 is 14.6 Å². The Bertz CT molecular complexity index is 152. The predicted octanol–water partition coefficient (Wildman–Crippen LogP) is 0.151. The Morgan fingerprint density at radius 3 is 2.86 bits per heavy atom. The largest absolute Gasteiger partial charge is 0.389 e. The number of aliphatic hydroxyl groups excluding tert-OH is 1.